The second kappa shape index (κ2) is 18.7. The van der Waals surface area contributed by atoms with Gasteiger partial charge in [0, 0.05) is 17.2 Å². The Morgan fingerprint density at radius 3 is 1.97 bits per heavy atom. The Morgan fingerprint density at radius 1 is 0.821 bits per heavy atom. The number of rotatable bonds is 19. The highest BCUT2D eigenvalue weighted by Crippen LogP contribution is 2.32. The molecule has 0 radical (unpaired) electrons. The number of esters is 2. The van der Waals surface area contributed by atoms with Gasteiger partial charge < -0.3 is 18.9 Å². The van der Waals surface area contributed by atoms with Crippen LogP contribution in [0.15, 0.2) is 60.7 Å². The van der Waals surface area contributed by atoms with Crippen LogP contribution in [0.25, 0.3) is 17.2 Å². The number of unbranched alkanes of at least 4 members (excludes halogenated alkanes) is 8. The smallest absolute Gasteiger partial charge is 0.333 e. The van der Waals surface area contributed by atoms with Gasteiger partial charge in [0.15, 0.2) is 0 Å². The summed E-state index contributed by atoms with van der Waals surface area (Å²) in [6.45, 7) is 8.65. The molecular formula is C33H44O6. The molecule has 0 atom stereocenters. The summed E-state index contributed by atoms with van der Waals surface area (Å²) in [6, 6.07) is 13.7. The van der Waals surface area contributed by atoms with Crippen molar-refractivity contribution in [2.75, 3.05) is 26.9 Å². The van der Waals surface area contributed by atoms with Gasteiger partial charge in [0.1, 0.15) is 11.5 Å². The highest BCUT2D eigenvalue weighted by Gasteiger charge is 2.08. The second-order valence-corrected chi connectivity index (χ2v) is 9.52. The summed E-state index contributed by atoms with van der Waals surface area (Å²) in [6.07, 6.45) is 13.0. The maximum absolute atomic E-state index is 12.1. The quantitative estimate of drug-likeness (QED) is 0.103. The summed E-state index contributed by atoms with van der Waals surface area (Å²) in [5.41, 5.74) is 3.35. The van der Waals surface area contributed by atoms with E-state index in [1.54, 1.807) is 20.1 Å². The molecule has 2 aromatic rings. The first kappa shape index (κ1) is 31.7. The Labute approximate surface area is 234 Å². The van der Waals surface area contributed by atoms with Crippen LogP contribution in [0.4, 0.5) is 0 Å². The fourth-order valence-corrected chi connectivity index (χ4v) is 4.04. The summed E-state index contributed by atoms with van der Waals surface area (Å²) >= 11 is 0. The lowest BCUT2D eigenvalue weighted by Gasteiger charge is -2.12. The number of carbonyl (C=O) groups excluding carboxylic acids is 2. The third-order valence-electron chi connectivity index (χ3n) is 6.23. The van der Waals surface area contributed by atoms with Gasteiger partial charge in [-0.15, -0.1) is 0 Å². The first-order valence-corrected chi connectivity index (χ1v) is 14.0. The summed E-state index contributed by atoms with van der Waals surface area (Å²) in [4.78, 5) is 23.4. The fourth-order valence-electron chi connectivity index (χ4n) is 4.04. The summed E-state index contributed by atoms with van der Waals surface area (Å²) < 4.78 is 21.6. The van der Waals surface area contributed by atoms with Gasteiger partial charge in [0.05, 0.1) is 26.9 Å². The third kappa shape index (κ3) is 12.7. The van der Waals surface area contributed by atoms with Crippen molar-refractivity contribution in [2.24, 2.45) is 0 Å². The Morgan fingerprint density at radius 2 is 1.41 bits per heavy atom. The molecule has 39 heavy (non-hydrogen) atoms. The van der Waals surface area contributed by atoms with Crippen molar-refractivity contribution in [1.82, 2.24) is 0 Å². The summed E-state index contributed by atoms with van der Waals surface area (Å²) in [7, 11) is 1.65. The van der Waals surface area contributed by atoms with Crippen LogP contribution in [0, 0.1) is 0 Å². The van der Waals surface area contributed by atoms with Crippen molar-refractivity contribution in [3.8, 4) is 22.6 Å². The van der Waals surface area contributed by atoms with Crippen LogP contribution in [-0.2, 0) is 19.1 Å². The average molecular weight is 537 g/mol. The Balaban J connectivity index is 1.60. The highest BCUT2D eigenvalue weighted by molar-refractivity contribution is 5.87. The lowest BCUT2D eigenvalue weighted by molar-refractivity contribution is -0.139. The number of hydrogen-bond acceptors (Lipinski definition) is 6. The van der Waals surface area contributed by atoms with Gasteiger partial charge >= 0.3 is 11.9 Å². The van der Waals surface area contributed by atoms with E-state index in [9.17, 15) is 9.59 Å². The molecule has 0 unspecified atom stereocenters. The standard InChI is InChI=1S/C33H44O6/c1-5-37-31-25-27(15-21-30(31)28-17-19-29(36-4)20-18-28)16-22-32(34)38-23-13-11-9-7-6-8-10-12-14-24-39-33(35)26(2)3/h15-22,25H,2,5-14,23-24H2,1,3-4H3/b22-16+. The van der Waals surface area contributed by atoms with E-state index in [4.69, 9.17) is 18.9 Å². The molecule has 0 aliphatic rings. The zero-order valence-electron chi connectivity index (χ0n) is 23.8. The monoisotopic (exact) mass is 536 g/mol. The van der Waals surface area contributed by atoms with Crippen molar-refractivity contribution in [3.63, 3.8) is 0 Å². The van der Waals surface area contributed by atoms with Gasteiger partial charge in [-0.25, -0.2) is 9.59 Å². The van der Waals surface area contributed by atoms with Crippen LogP contribution >= 0.6 is 0 Å². The minimum atomic E-state index is -0.332. The molecule has 0 fully saturated rings. The van der Waals surface area contributed by atoms with Gasteiger partial charge in [0.2, 0.25) is 0 Å². The molecule has 2 rings (SSSR count). The molecule has 0 spiro atoms. The normalized spacial score (nSPS) is 10.8. The van der Waals surface area contributed by atoms with E-state index >= 15 is 0 Å². The molecule has 0 aromatic heterocycles. The van der Waals surface area contributed by atoms with Crippen molar-refractivity contribution in [3.05, 3.63) is 66.3 Å². The SMILES string of the molecule is C=C(C)C(=O)OCCCCCCCCCCCOC(=O)/C=C/c1ccc(-c2ccc(OC)cc2)c(OCC)c1. The maximum atomic E-state index is 12.1. The van der Waals surface area contributed by atoms with E-state index in [-0.39, 0.29) is 11.9 Å². The van der Waals surface area contributed by atoms with E-state index in [0.29, 0.717) is 25.4 Å². The van der Waals surface area contributed by atoms with E-state index in [1.165, 1.54) is 25.3 Å². The molecule has 0 saturated heterocycles. The molecule has 0 amide bonds. The van der Waals surface area contributed by atoms with Crippen molar-refractivity contribution in [1.29, 1.82) is 0 Å². The molecule has 0 aliphatic carbocycles. The van der Waals surface area contributed by atoms with Crippen molar-refractivity contribution in [2.45, 2.75) is 71.6 Å². The summed E-state index contributed by atoms with van der Waals surface area (Å²) in [5.74, 6) is 0.936. The van der Waals surface area contributed by atoms with Gasteiger partial charge in [-0.2, -0.15) is 0 Å². The van der Waals surface area contributed by atoms with Crippen LogP contribution < -0.4 is 9.47 Å². The van der Waals surface area contributed by atoms with Gasteiger partial charge in [0.25, 0.3) is 0 Å². The van der Waals surface area contributed by atoms with E-state index in [1.807, 2.05) is 49.4 Å². The number of methoxy groups -OCH3 is 1. The molecule has 6 nitrogen and oxygen atoms in total. The molecule has 2 aromatic carbocycles. The van der Waals surface area contributed by atoms with E-state index in [2.05, 4.69) is 6.58 Å². The van der Waals surface area contributed by atoms with E-state index in [0.717, 1.165) is 66.7 Å². The lowest BCUT2D eigenvalue weighted by atomic mass is 10.0. The fraction of sp³-hybridized carbons (Fsp3) is 0.455. The van der Waals surface area contributed by atoms with Crippen LogP contribution in [0.1, 0.15) is 77.2 Å². The number of carbonyl (C=O) groups is 2. The van der Waals surface area contributed by atoms with Crippen LogP contribution in [0.3, 0.4) is 0 Å². The maximum Gasteiger partial charge on any atom is 0.333 e. The van der Waals surface area contributed by atoms with Crippen LogP contribution in [0.2, 0.25) is 0 Å². The molecule has 0 saturated carbocycles. The first-order valence-electron chi connectivity index (χ1n) is 14.0. The zero-order valence-corrected chi connectivity index (χ0v) is 23.8. The van der Waals surface area contributed by atoms with Gasteiger partial charge in [-0.3, -0.25) is 0 Å². The van der Waals surface area contributed by atoms with Crippen LogP contribution in [0.5, 0.6) is 11.5 Å². The zero-order chi connectivity index (χ0) is 28.3. The largest absolute Gasteiger partial charge is 0.497 e. The minimum Gasteiger partial charge on any atom is -0.497 e. The summed E-state index contributed by atoms with van der Waals surface area (Å²) in [5, 5.41) is 0. The van der Waals surface area contributed by atoms with Crippen LogP contribution in [-0.4, -0.2) is 38.9 Å². The Hall–Kier alpha value is -3.54. The molecular weight excluding hydrogens is 492 g/mol. The minimum absolute atomic E-state index is 0.302. The Bertz CT molecular complexity index is 1050. The van der Waals surface area contributed by atoms with Crippen molar-refractivity contribution < 1.29 is 28.5 Å². The molecule has 0 heterocycles. The number of ether oxygens (including phenoxy) is 4. The predicted octanol–water partition coefficient (Wildman–Crippen LogP) is 7.95. The Kier molecular flexibility index (Phi) is 15.2. The molecule has 212 valence electrons. The molecule has 0 aliphatic heterocycles. The number of benzene rings is 2. The highest BCUT2D eigenvalue weighted by atomic mass is 16.5. The average Bonchev–Trinajstić information content (AvgIpc) is 2.94. The lowest BCUT2D eigenvalue weighted by Crippen LogP contribution is -2.05. The van der Waals surface area contributed by atoms with Gasteiger partial charge in [-0.05, 0) is 62.1 Å². The second-order valence-electron chi connectivity index (χ2n) is 9.52. The van der Waals surface area contributed by atoms with Crippen molar-refractivity contribution >= 4 is 18.0 Å². The first-order chi connectivity index (χ1) is 18.9. The van der Waals surface area contributed by atoms with E-state index < -0.39 is 0 Å². The topological polar surface area (TPSA) is 71.1 Å². The molecule has 0 N–H and O–H groups in total. The van der Waals surface area contributed by atoms with Gasteiger partial charge in [-0.1, -0.05) is 75.8 Å². The molecule has 0 bridgehead atoms. The third-order valence-corrected chi connectivity index (χ3v) is 6.23. The number of hydrogen-bond donors (Lipinski definition) is 0. The molecule has 6 heteroatoms. The predicted molar refractivity (Wildman–Crippen MR) is 157 cm³/mol.